The predicted octanol–water partition coefficient (Wildman–Crippen LogP) is 3.97. The Bertz CT molecular complexity index is 393. The molecule has 0 bridgehead atoms. The molecule has 0 aliphatic rings. The monoisotopic (exact) mass is 254 g/mol. The SMILES string of the molecule is CCOC(C(=O)c1ccccc1Cl)C(C)(C)C. The highest BCUT2D eigenvalue weighted by Gasteiger charge is 2.33. The molecule has 1 unspecified atom stereocenters. The molecule has 1 rings (SSSR count). The fraction of sp³-hybridized carbons (Fsp3) is 0.500. The molecule has 0 aliphatic carbocycles. The second-order valence-corrected chi connectivity index (χ2v) is 5.45. The van der Waals surface area contributed by atoms with Gasteiger partial charge in [0, 0.05) is 12.2 Å². The van der Waals surface area contributed by atoms with Gasteiger partial charge in [0.15, 0.2) is 5.78 Å². The number of rotatable bonds is 4. The van der Waals surface area contributed by atoms with E-state index in [0.29, 0.717) is 17.2 Å². The first kappa shape index (κ1) is 14.2. The Balaban J connectivity index is 3.05. The summed E-state index contributed by atoms with van der Waals surface area (Å²) in [6.45, 7) is 8.36. The summed E-state index contributed by atoms with van der Waals surface area (Å²) in [5, 5.41) is 0.478. The standard InChI is InChI=1S/C14H19ClO2/c1-5-17-13(14(2,3)4)12(16)10-8-6-7-9-11(10)15/h6-9,13H,5H2,1-4H3. The third-order valence-electron chi connectivity index (χ3n) is 2.50. The lowest BCUT2D eigenvalue weighted by Gasteiger charge is -2.29. The number of Topliss-reactive ketones (excluding diaryl/α,β-unsaturated/α-hetero) is 1. The molecule has 0 fully saturated rings. The lowest BCUT2D eigenvalue weighted by atomic mass is 9.84. The Labute approximate surface area is 108 Å². The van der Waals surface area contributed by atoms with Crippen LogP contribution in [0.4, 0.5) is 0 Å². The Kier molecular flexibility index (Phi) is 4.72. The van der Waals surface area contributed by atoms with Crippen LogP contribution in [0.25, 0.3) is 0 Å². The molecule has 3 heteroatoms. The second-order valence-electron chi connectivity index (χ2n) is 5.05. The average molecular weight is 255 g/mol. The number of benzene rings is 1. The molecule has 0 N–H and O–H groups in total. The zero-order chi connectivity index (χ0) is 13.1. The van der Waals surface area contributed by atoms with Crippen molar-refractivity contribution in [2.75, 3.05) is 6.61 Å². The van der Waals surface area contributed by atoms with E-state index in [1.807, 2.05) is 39.8 Å². The quantitative estimate of drug-likeness (QED) is 0.760. The van der Waals surface area contributed by atoms with Crippen LogP contribution >= 0.6 is 11.6 Å². The summed E-state index contributed by atoms with van der Waals surface area (Å²) in [4.78, 5) is 12.4. The van der Waals surface area contributed by atoms with Gasteiger partial charge < -0.3 is 4.74 Å². The van der Waals surface area contributed by atoms with Gasteiger partial charge in [0.1, 0.15) is 6.10 Å². The normalized spacial score (nSPS) is 13.5. The summed E-state index contributed by atoms with van der Waals surface area (Å²) in [5.74, 6) is -0.0510. The van der Waals surface area contributed by atoms with E-state index in [2.05, 4.69) is 0 Å². The summed E-state index contributed by atoms with van der Waals surface area (Å²) in [6, 6.07) is 7.08. The van der Waals surface area contributed by atoms with Crippen molar-refractivity contribution in [2.24, 2.45) is 5.41 Å². The minimum Gasteiger partial charge on any atom is -0.370 e. The van der Waals surface area contributed by atoms with Crippen molar-refractivity contribution < 1.29 is 9.53 Å². The molecule has 0 saturated heterocycles. The van der Waals surface area contributed by atoms with E-state index in [9.17, 15) is 4.79 Å². The number of hydrogen-bond acceptors (Lipinski definition) is 2. The fourth-order valence-electron chi connectivity index (χ4n) is 1.69. The molecule has 0 heterocycles. The van der Waals surface area contributed by atoms with Crippen molar-refractivity contribution in [1.82, 2.24) is 0 Å². The zero-order valence-corrected chi connectivity index (χ0v) is 11.5. The van der Waals surface area contributed by atoms with Gasteiger partial charge in [0.25, 0.3) is 0 Å². The Morgan fingerprint density at radius 1 is 1.35 bits per heavy atom. The highest BCUT2D eigenvalue weighted by atomic mass is 35.5. The Hall–Kier alpha value is -0.860. The van der Waals surface area contributed by atoms with Crippen LogP contribution in [-0.4, -0.2) is 18.5 Å². The first-order chi connectivity index (χ1) is 7.88. The molecule has 0 saturated carbocycles. The first-order valence-electron chi connectivity index (χ1n) is 5.78. The van der Waals surface area contributed by atoms with Crippen LogP contribution in [0.2, 0.25) is 5.02 Å². The number of carbonyl (C=O) groups excluding carboxylic acids is 1. The fourth-order valence-corrected chi connectivity index (χ4v) is 1.92. The predicted molar refractivity (Wildman–Crippen MR) is 70.7 cm³/mol. The number of ether oxygens (including phenoxy) is 1. The van der Waals surface area contributed by atoms with Gasteiger partial charge >= 0.3 is 0 Å². The topological polar surface area (TPSA) is 26.3 Å². The number of ketones is 1. The van der Waals surface area contributed by atoms with Crippen molar-refractivity contribution in [2.45, 2.75) is 33.8 Å². The molecule has 1 aromatic rings. The van der Waals surface area contributed by atoms with Crippen LogP contribution in [0.15, 0.2) is 24.3 Å². The second kappa shape index (κ2) is 5.65. The van der Waals surface area contributed by atoms with Crippen LogP contribution in [0.3, 0.4) is 0 Å². The number of carbonyl (C=O) groups is 1. The highest BCUT2D eigenvalue weighted by molar-refractivity contribution is 6.34. The first-order valence-corrected chi connectivity index (χ1v) is 6.16. The van der Waals surface area contributed by atoms with Gasteiger partial charge in [-0.15, -0.1) is 0 Å². The maximum Gasteiger partial charge on any atom is 0.193 e. The van der Waals surface area contributed by atoms with Gasteiger partial charge in [-0.05, 0) is 24.5 Å². The number of halogens is 1. The van der Waals surface area contributed by atoms with E-state index < -0.39 is 6.10 Å². The van der Waals surface area contributed by atoms with Crippen LogP contribution < -0.4 is 0 Å². The van der Waals surface area contributed by atoms with Crippen molar-refractivity contribution in [3.8, 4) is 0 Å². The maximum atomic E-state index is 12.4. The largest absolute Gasteiger partial charge is 0.370 e. The van der Waals surface area contributed by atoms with Crippen molar-refractivity contribution in [1.29, 1.82) is 0 Å². The van der Waals surface area contributed by atoms with Gasteiger partial charge in [-0.3, -0.25) is 4.79 Å². The Morgan fingerprint density at radius 3 is 2.41 bits per heavy atom. The third kappa shape index (κ3) is 3.55. The van der Waals surface area contributed by atoms with Gasteiger partial charge in [0.05, 0.1) is 5.02 Å². The molecule has 1 aromatic carbocycles. The molecule has 0 spiro atoms. The summed E-state index contributed by atoms with van der Waals surface area (Å²) < 4.78 is 5.57. The van der Waals surface area contributed by atoms with Crippen LogP contribution in [0.5, 0.6) is 0 Å². The van der Waals surface area contributed by atoms with Gasteiger partial charge in [0.2, 0.25) is 0 Å². The average Bonchev–Trinajstić information content (AvgIpc) is 2.24. The van der Waals surface area contributed by atoms with E-state index in [1.165, 1.54) is 0 Å². The molecule has 17 heavy (non-hydrogen) atoms. The lowest BCUT2D eigenvalue weighted by Crippen LogP contribution is -2.37. The molecule has 0 aromatic heterocycles. The van der Waals surface area contributed by atoms with Crippen molar-refractivity contribution in [3.63, 3.8) is 0 Å². The molecule has 2 nitrogen and oxygen atoms in total. The molecule has 1 atom stereocenters. The van der Waals surface area contributed by atoms with E-state index in [4.69, 9.17) is 16.3 Å². The molecular formula is C14H19ClO2. The smallest absolute Gasteiger partial charge is 0.193 e. The van der Waals surface area contributed by atoms with Gasteiger partial charge in [-0.25, -0.2) is 0 Å². The highest BCUT2D eigenvalue weighted by Crippen LogP contribution is 2.28. The Morgan fingerprint density at radius 2 is 1.94 bits per heavy atom. The molecular weight excluding hydrogens is 236 g/mol. The van der Waals surface area contributed by atoms with Gasteiger partial charge in [-0.1, -0.05) is 44.5 Å². The van der Waals surface area contributed by atoms with Crippen LogP contribution in [0.1, 0.15) is 38.1 Å². The minimum absolute atomic E-state index is 0.0510. The van der Waals surface area contributed by atoms with E-state index in [0.717, 1.165) is 0 Å². The lowest BCUT2D eigenvalue weighted by molar-refractivity contribution is -0.000208. The van der Waals surface area contributed by atoms with E-state index in [1.54, 1.807) is 12.1 Å². The van der Waals surface area contributed by atoms with Crippen molar-refractivity contribution >= 4 is 17.4 Å². The number of hydrogen-bond donors (Lipinski definition) is 0. The third-order valence-corrected chi connectivity index (χ3v) is 2.83. The summed E-state index contributed by atoms with van der Waals surface area (Å²) >= 11 is 6.04. The minimum atomic E-state index is -0.465. The molecule has 0 aliphatic heterocycles. The van der Waals surface area contributed by atoms with Gasteiger partial charge in [-0.2, -0.15) is 0 Å². The molecule has 0 amide bonds. The van der Waals surface area contributed by atoms with Crippen LogP contribution in [0, 0.1) is 5.41 Å². The summed E-state index contributed by atoms with van der Waals surface area (Å²) in [6.07, 6.45) is -0.465. The van der Waals surface area contributed by atoms with Crippen LogP contribution in [-0.2, 0) is 4.74 Å². The van der Waals surface area contributed by atoms with Crippen molar-refractivity contribution in [3.05, 3.63) is 34.9 Å². The van der Waals surface area contributed by atoms with E-state index >= 15 is 0 Å². The molecule has 94 valence electrons. The zero-order valence-electron chi connectivity index (χ0n) is 10.8. The van der Waals surface area contributed by atoms with E-state index in [-0.39, 0.29) is 11.2 Å². The molecule has 0 radical (unpaired) electrons. The maximum absolute atomic E-state index is 12.4. The summed E-state index contributed by atoms with van der Waals surface area (Å²) in [7, 11) is 0. The summed E-state index contributed by atoms with van der Waals surface area (Å²) in [5.41, 5.74) is 0.286.